The van der Waals surface area contributed by atoms with Crippen LogP contribution in [0.15, 0.2) is 59.8 Å². The molecule has 0 aliphatic carbocycles. The van der Waals surface area contributed by atoms with E-state index >= 15 is 0 Å². The SMILES string of the molecule is CNC(=O)COc1cc2cc(Nc3nc(NC4CCN(c5ccc6c(c5)ncn6C5CCC(=O)NC5=O)CC4)ncc3Cl)ccc2n(C)c1=O. The number of imide groups is 1. The molecule has 1 atom stereocenters. The molecule has 5 aromatic rings. The van der Waals surface area contributed by atoms with Crippen molar-refractivity contribution < 1.29 is 19.1 Å². The molecule has 2 saturated heterocycles. The number of carbonyl (C=O) groups is 3. The maximum Gasteiger partial charge on any atom is 0.293 e. The van der Waals surface area contributed by atoms with Crippen molar-refractivity contribution in [1.82, 2.24) is 34.7 Å². The number of carbonyl (C=O) groups excluding carboxylic acids is 3. The number of anilines is 4. The van der Waals surface area contributed by atoms with Gasteiger partial charge in [-0.1, -0.05) is 11.6 Å². The molecule has 1 unspecified atom stereocenters. The molecule has 2 aliphatic rings. The molecule has 3 aromatic heterocycles. The van der Waals surface area contributed by atoms with Crippen LogP contribution in [0.2, 0.25) is 5.02 Å². The predicted molar refractivity (Wildman–Crippen MR) is 189 cm³/mol. The number of likely N-dealkylation sites (N-methyl/N-ethyl adjacent to an activating group) is 1. The highest BCUT2D eigenvalue weighted by molar-refractivity contribution is 6.32. The molecule has 7 rings (SSSR count). The summed E-state index contributed by atoms with van der Waals surface area (Å²) >= 11 is 6.48. The number of hydrogen-bond donors (Lipinski definition) is 4. The molecular formula is C34H35ClN10O5. The molecule has 0 spiro atoms. The third-order valence-corrected chi connectivity index (χ3v) is 9.41. The molecule has 2 fully saturated rings. The average Bonchev–Trinajstić information content (AvgIpc) is 3.54. The molecule has 0 saturated carbocycles. The zero-order valence-electron chi connectivity index (χ0n) is 27.4. The van der Waals surface area contributed by atoms with Gasteiger partial charge in [-0.2, -0.15) is 4.98 Å². The van der Waals surface area contributed by atoms with Crippen LogP contribution >= 0.6 is 11.6 Å². The summed E-state index contributed by atoms with van der Waals surface area (Å²) in [5.41, 5.74) is 3.74. The van der Waals surface area contributed by atoms with Crippen molar-refractivity contribution >= 4 is 74.4 Å². The van der Waals surface area contributed by atoms with Crippen LogP contribution in [-0.4, -0.2) is 74.6 Å². The standard InChI is InChI=1S/C34H35ClN10O5/c1-36-30(47)17-50-28-14-19-13-21(3-5-25(19)43(2)33(28)49)39-31-23(35)16-37-34(42-31)40-20-9-11-44(12-10-20)22-4-6-26-24(15-22)38-18-45(26)27-7-8-29(46)41-32(27)48/h3-6,13-16,18,20,27H,7-12,17H2,1-2H3,(H,36,47)(H,41,46,48)(H2,37,39,40,42). The van der Waals surface area contributed by atoms with Crippen molar-refractivity contribution in [2.24, 2.45) is 7.05 Å². The van der Waals surface area contributed by atoms with E-state index in [0.29, 0.717) is 40.8 Å². The Balaban J connectivity index is 0.995. The second-order valence-corrected chi connectivity index (χ2v) is 12.7. The molecule has 5 heterocycles. The number of nitrogens with zero attached hydrogens (tertiary/aromatic N) is 6. The van der Waals surface area contributed by atoms with Gasteiger partial charge in [0.05, 0.1) is 29.1 Å². The van der Waals surface area contributed by atoms with E-state index in [4.69, 9.17) is 16.3 Å². The first-order chi connectivity index (χ1) is 24.2. The quantitative estimate of drug-likeness (QED) is 0.166. The van der Waals surface area contributed by atoms with Crippen molar-refractivity contribution in [2.45, 2.75) is 37.8 Å². The van der Waals surface area contributed by atoms with E-state index < -0.39 is 6.04 Å². The molecule has 2 aliphatic heterocycles. The van der Waals surface area contributed by atoms with E-state index in [1.165, 1.54) is 11.6 Å². The number of rotatable bonds is 9. The Morgan fingerprint density at radius 1 is 1.04 bits per heavy atom. The van der Waals surface area contributed by atoms with Crippen LogP contribution in [0.4, 0.5) is 23.1 Å². The van der Waals surface area contributed by atoms with Gasteiger partial charge >= 0.3 is 0 Å². The lowest BCUT2D eigenvalue weighted by Gasteiger charge is -2.34. The van der Waals surface area contributed by atoms with Crippen LogP contribution in [0, 0.1) is 0 Å². The second kappa shape index (κ2) is 13.7. The fourth-order valence-electron chi connectivity index (χ4n) is 6.39. The van der Waals surface area contributed by atoms with Crippen LogP contribution in [0.3, 0.4) is 0 Å². The van der Waals surface area contributed by atoms with Crippen molar-refractivity contribution in [3.63, 3.8) is 0 Å². The van der Waals surface area contributed by atoms with Gasteiger partial charge in [0.2, 0.25) is 17.8 Å². The number of piperidine rings is 2. The first-order valence-electron chi connectivity index (χ1n) is 16.3. The summed E-state index contributed by atoms with van der Waals surface area (Å²) in [5, 5.41) is 12.7. The fourth-order valence-corrected chi connectivity index (χ4v) is 6.53. The summed E-state index contributed by atoms with van der Waals surface area (Å²) in [6.07, 6.45) is 5.69. The zero-order valence-corrected chi connectivity index (χ0v) is 28.2. The smallest absolute Gasteiger partial charge is 0.293 e. The third kappa shape index (κ3) is 6.63. The Kier molecular flexibility index (Phi) is 8.97. The zero-order chi connectivity index (χ0) is 34.9. The number of halogens is 1. The average molecular weight is 699 g/mol. The summed E-state index contributed by atoms with van der Waals surface area (Å²) in [5.74, 6) is 0.0628. The van der Waals surface area contributed by atoms with Crippen LogP contribution in [0.25, 0.3) is 21.9 Å². The maximum atomic E-state index is 12.7. The summed E-state index contributed by atoms with van der Waals surface area (Å²) < 4.78 is 8.79. The van der Waals surface area contributed by atoms with Gasteiger partial charge in [0, 0.05) is 56.4 Å². The van der Waals surface area contributed by atoms with Crippen molar-refractivity contribution in [2.75, 3.05) is 42.3 Å². The van der Waals surface area contributed by atoms with Crippen LogP contribution in [0.5, 0.6) is 5.75 Å². The van der Waals surface area contributed by atoms with Gasteiger partial charge in [0.15, 0.2) is 18.2 Å². The maximum absolute atomic E-state index is 12.7. The number of pyridine rings is 1. The summed E-state index contributed by atoms with van der Waals surface area (Å²) in [7, 11) is 3.15. The molecule has 16 heteroatoms. The van der Waals surface area contributed by atoms with E-state index in [1.807, 2.05) is 41.0 Å². The molecular weight excluding hydrogens is 664 g/mol. The molecule has 2 aromatic carbocycles. The van der Waals surface area contributed by atoms with Crippen LogP contribution < -0.4 is 36.5 Å². The van der Waals surface area contributed by atoms with Gasteiger partial charge in [-0.3, -0.25) is 24.5 Å². The van der Waals surface area contributed by atoms with Gasteiger partial charge in [0.25, 0.3) is 11.5 Å². The Labute approximate surface area is 291 Å². The Morgan fingerprint density at radius 2 is 1.84 bits per heavy atom. The number of benzene rings is 2. The van der Waals surface area contributed by atoms with Crippen molar-refractivity contribution in [3.8, 4) is 5.75 Å². The second-order valence-electron chi connectivity index (χ2n) is 12.3. The minimum Gasteiger partial charge on any atom is -0.478 e. The van der Waals surface area contributed by atoms with Crippen molar-refractivity contribution in [3.05, 3.63) is 70.4 Å². The van der Waals surface area contributed by atoms with Gasteiger partial charge in [-0.25, -0.2) is 9.97 Å². The fraction of sp³-hybridized carbons (Fsp3) is 0.324. The lowest BCUT2D eigenvalue weighted by Crippen LogP contribution is -2.41. The number of fused-ring (bicyclic) bond motifs is 2. The molecule has 50 heavy (non-hydrogen) atoms. The summed E-state index contributed by atoms with van der Waals surface area (Å²) in [4.78, 5) is 64.3. The van der Waals surface area contributed by atoms with Crippen molar-refractivity contribution in [1.29, 1.82) is 0 Å². The number of imidazole rings is 1. The topological polar surface area (TPSA) is 177 Å². The molecule has 4 N–H and O–H groups in total. The highest BCUT2D eigenvalue weighted by atomic mass is 35.5. The molecule has 15 nitrogen and oxygen atoms in total. The van der Waals surface area contributed by atoms with E-state index in [-0.39, 0.29) is 41.7 Å². The summed E-state index contributed by atoms with van der Waals surface area (Å²) in [6.45, 7) is 1.35. The van der Waals surface area contributed by atoms with Gasteiger partial charge in [-0.15, -0.1) is 0 Å². The number of aryl methyl sites for hydroxylation is 1. The molecule has 258 valence electrons. The largest absolute Gasteiger partial charge is 0.478 e. The first kappa shape index (κ1) is 32.8. The number of amides is 3. The van der Waals surface area contributed by atoms with E-state index in [1.54, 1.807) is 25.6 Å². The number of aromatic nitrogens is 5. The Bertz CT molecular complexity index is 2190. The Morgan fingerprint density at radius 3 is 2.62 bits per heavy atom. The number of hydrogen-bond acceptors (Lipinski definition) is 11. The lowest BCUT2D eigenvalue weighted by molar-refractivity contribution is -0.135. The normalized spacial score (nSPS) is 16.8. The lowest BCUT2D eigenvalue weighted by atomic mass is 10.0. The van der Waals surface area contributed by atoms with E-state index in [0.717, 1.165) is 48.0 Å². The monoisotopic (exact) mass is 698 g/mol. The molecule has 0 radical (unpaired) electrons. The number of nitrogens with one attached hydrogen (secondary N) is 4. The highest BCUT2D eigenvalue weighted by Crippen LogP contribution is 2.30. The number of ether oxygens (including phenoxy) is 1. The van der Waals surface area contributed by atoms with Gasteiger partial charge in [0.1, 0.15) is 11.1 Å². The minimum atomic E-state index is -0.448. The minimum absolute atomic E-state index is 0.0689. The summed E-state index contributed by atoms with van der Waals surface area (Å²) in [6, 6.07) is 12.9. The van der Waals surface area contributed by atoms with E-state index in [9.17, 15) is 19.2 Å². The predicted octanol–water partition coefficient (Wildman–Crippen LogP) is 3.26. The van der Waals surface area contributed by atoms with Gasteiger partial charge in [-0.05, 0) is 61.7 Å². The first-order valence-corrected chi connectivity index (χ1v) is 16.6. The van der Waals surface area contributed by atoms with Crippen LogP contribution in [0.1, 0.15) is 31.7 Å². The van der Waals surface area contributed by atoms with Gasteiger partial charge < -0.3 is 34.7 Å². The third-order valence-electron chi connectivity index (χ3n) is 9.13. The highest BCUT2D eigenvalue weighted by Gasteiger charge is 2.29. The van der Waals surface area contributed by atoms with E-state index in [2.05, 4.69) is 41.1 Å². The molecule has 3 amide bonds. The molecule has 0 bridgehead atoms. The Hall–Kier alpha value is -5.70. The van der Waals surface area contributed by atoms with Crippen LogP contribution in [-0.2, 0) is 21.4 Å².